The zero-order valence-corrected chi connectivity index (χ0v) is 20.2. The minimum absolute atomic E-state index is 0.170. The Hall–Kier alpha value is -4.62. The van der Waals surface area contributed by atoms with Gasteiger partial charge in [-0.25, -0.2) is 9.18 Å². The summed E-state index contributed by atoms with van der Waals surface area (Å²) < 4.78 is 18.7. The molecular weight excluding hydrogens is 493 g/mol. The normalized spacial score (nSPS) is 11.4. The summed E-state index contributed by atoms with van der Waals surface area (Å²) in [6, 6.07) is 28.3. The quantitative estimate of drug-likeness (QED) is 0.114. The summed E-state index contributed by atoms with van der Waals surface area (Å²) in [6.07, 6.45) is 1.59. The molecule has 8 heteroatoms. The zero-order valence-electron chi connectivity index (χ0n) is 19.5. The van der Waals surface area contributed by atoms with Gasteiger partial charge < -0.3 is 10.1 Å². The van der Waals surface area contributed by atoms with E-state index >= 15 is 0 Å². The van der Waals surface area contributed by atoms with E-state index < -0.39 is 24.3 Å². The third-order valence-electron chi connectivity index (χ3n) is 5.08. The molecule has 37 heavy (non-hydrogen) atoms. The van der Waals surface area contributed by atoms with Gasteiger partial charge in [0.25, 0.3) is 5.91 Å². The number of nitrogens with one attached hydrogen (secondary N) is 1. The maximum atomic E-state index is 13.4. The Labute approximate surface area is 218 Å². The van der Waals surface area contributed by atoms with E-state index in [1.54, 1.807) is 54.6 Å². The molecule has 4 rings (SSSR count). The van der Waals surface area contributed by atoms with E-state index in [9.17, 15) is 14.0 Å². The lowest BCUT2D eigenvalue weighted by molar-refractivity contribution is -0.141. The van der Waals surface area contributed by atoms with E-state index in [-0.39, 0.29) is 5.57 Å². The molecular formula is C29H21ClFN3O3. The van der Waals surface area contributed by atoms with E-state index in [2.05, 4.69) is 15.5 Å². The number of rotatable bonds is 8. The smallest absolute Gasteiger partial charge is 0.339 e. The Morgan fingerprint density at radius 3 is 2.08 bits per heavy atom. The summed E-state index contributed by atoms with van der Waals surface area (Å²) >= 11 is 5.94. The molecule has 0 atom stereocenters. The summed E-state index contributed by atoms with van der Waals surface area (Å²) in [5.41, 5.74) is 3.16. The first-order valence-corrected chi connectivity index (χ1v) is 11.6. The van der Waals surface area contributed by atoms with E-state index in [0.717, 1.165) is 5.69 Å². The fraction of sp³-hybridized carbons (Fsp3) is 0.0345. The predicted molar refractivity (Wildman–Crippen MR) is 142 cm³/mol. The van der Waals surface area contributed by atoms with Crippen molar-refractivity contribution in [2.45, 2.75) is 0 Å². The Balaban J connectivity index is 1.38. The Morgan fingerprint density at radius 1 is 0.811 bits per heavy atom. The van der Waals surface area contributed by atoms with Gasteiger partial charge in [0.15, 0.2) is 6.61 Å². The van der Waals surface area contributed by atoms with Crippen molar-refractivity contribution in [3.8, 4) is 0 Å². The third kappa shape index (κ3) is 7.68. The second kappa shape index (κ2) is 12.4. The van der Waals surface area contributed by atoms with Crippen molar-refractivity contribution in [3.63, 3.8) is 0 Å². The van der Waals surface area contributed by atoms with Crippen LogP contribution < -0.4 is 5.32 Å². The summed E-state index contributed by atoms with van der Waals surface area (Å²) in [5.74, 6) is -1.68. The average Bonchev–Trinajstić information content (AvgIpc) is 2.92. The van der Waals surface area contributed by atoms with Gasteiger partial charge in [0, 0.05) is 10.7 Å². The molecule has 0 aliphatic heterocycles. The van der Waals surface area contributed by atoms with Crippen molar-refractivity contribution in [3.05, 3.63) is 125 Å². The summed E-state index contributed by atoms with van der Waals surface area (Å²) in [6.45, 7) is -0.506. The number of azo groups is 1. The molecule has 0 saturated heterocycles. The number of amides is 1. The van der Waals surface area contributed by atoms with Gasteiger partial charge >= 0.3 is 5.97 Å². The van der Waals surface area contributed by atoms with Crippen LogP contribution in [0.3, 0.4) is 0 Å². The van der Waals surface area contributed by atoms with Crippen molar-refractivity contribution in [1.82, 2.24) is 0 Å². The summed E-state index contributed by atoms with van der Waals surface area (Å²) in [7, 11) is 0. The number of halogens is 2. The molecule has 6 nitrogen and oxygen atoms in total. The maximum absolute atomic E-state index is 13.4. The summed E-state index contributed by atoms with van der Waals surface area (Å²) in [5, 5.41) is 11.5. The number of esters is 1. The molecule has 184 valence electrons. The van der Waals surface area contributed by atoms with Crippen LogP contribution in [0.5, 0.6) is 0 Å². The molecule has 0 heterocycles. The molecule has 4 aromatic rings. The number of carbonyl (C=O) groups is 2. The van der Waals surface area contributed by atoms with Crippen molar-refractivity contribution in [2.24, 2.45) is 10.2 Å². The van der Waals surface area contributed by atoms with Crippen LogP contribution in [0.4, 0.5) is 21.5 Å². The topological polar surface area (TPSA) is 80.1 Å². The average molecular weight is 514 g/mol. The lowest BCUT2D eigenvalue weighted by atomic mass is 10.0. The number of hydrogen-bond donors (Lipinski definition) is 1. The van der Waals surface area contributed by atoms with Crippen LogP contribution in [-0.2, 0) is 14.3 Å². The number of nitrogens with zero attached hydrogens (tertiary/aromatic N) is 2. The Morgan fingerprint density at radius 2 is 1.43 bits per heavy atom. The second-order valence-electron chi connectivity index (χ2n) is 7.82. The van der Waals surface area contributed by atoms with E-state index in [1.807, 2.05) is 30.3 Å². The molecule has 4 aromatic carbocycles. The van der Waals surface area contributed by atoms with Gasteiger partial charge in [-0.15, -0.1) is 0 Å². The molecule has 0 aliphatic rings. The minimum Gasteiger partial charge on any atom is -0.452 e. The second-order valence-corrected chi connectivity index (χ2v) is 8.26. The van der Waals surface area contributed by atoms with E-state index in [0.29, 0.717) is 27.5 Å². The molecule has 0 unspecified atom stereocenters. The molecule has 0 bridgehead atoms. The number of ether oxygens (including phenoxy) is 1. The highest BCUT2D eigenvalue weighted by Gasteiger charge is 2.16. The highest BCUT2D eigenvalue weighted by Crippen LogP contribution is 2.23. The first-order chi connectivity index (χ1) is 18.0. The van der Waals surface area contributed by atoms with E-state index in [1.165, 1.54) is 24.3 Å². The van der Waals surface area contributed by atoms with Gasteiger partial charge in [-0.3, -0.25) is 4.79 Å². The number of carbonyl (C=O) groups excluding carboxylic acids is 2. The zero-order chi connectivity index (χ0) is 26.0. The van der Waals surface area contributed by atoms with Crippen LogP contribution in [-0.4, -0.2) is 18.5 Å². The van der Waals surface area contributed by atoms with Crippen LogP contribution in [0.2, 0.25) is 5.02 Å². The maximum Gasteiger partial charge on any atom is 0.339 e. The molecule has 0 aliphatic carbocycles. The lowest BCUT2D eigenvalue weighted by Crippen LogP contribution is -2.21. The third-order valence-corrected chi connectivity index (χ3v) is 5.33. The van der Waals surface area contributed by atoms with Crippen LogP contribution >= 0.6 is 11.6 Å². The molecule has 0 spiro atoms. The fourth-order valence-corrected chi connectivity index (χ4v) is 3.37. The molecule has 1 amide bonds. The summed E-state index contributed by atoms with van der Waals surface area (Å²) in [4.78, 5) is 25.3. The standard InChI is InChI=1S/C29H21ClFN3O3/c30-22-10-6-20(7-11-22)18-27(21-8-12-23(31)13-9-21)29(36)37-19-28(35)32-24-14-16-26(17-15-24)34-33-25-4-2-1-3-5-25/h1-18H,19H2,(H,32,35)/b27-18-,34-33?. The Kier molecular flexibility index (Phi) is 8.52. The van der Waals surface area contributed by atoms with Crippen molar-refractivity contribution < 1.29 is 18.7 Å². The van der Waals surface area contributed by atoms with Crippen LogP contribution in [0.15, 0.2) is 113 Å². The predicted octanol–water partition coefficient (Wildman–Crippen LogP) is 7.62. The molecule has 0 saturated carbocycles. The molecule has 0 aromatic heterocycles. The van der Waals surface area contributed by atoms with E-state index in [4.69, 9.17) is 16.3 Å². The number of hydrogen-bond acceptors (Lipinski definition) is 5. The minimum atomic E-state index is -0.728. The van der Waals surface area contributed by atoms with Crippen LogP contribution in [0.25, 0.3) is 11.6 Å². The first kappa shape index (κ1) is 25.5. The van der Waals surface area contributed by atoms with Crippen molar-refractivity contribution in [1.29, 1.82) is 0 Å². The van der Waals surface area contributed by atoms with Gasteiger partial charge in [0.1, 0.15) is 5.82 Å². The molecule has 1 N–H and O–H groups in total. The lowest BCUT2D eigenvalue weighted by Gasteiger charge is -2.10. The van der Waals surface area contributed by atoms with Gasteiger partial charge in [0.2, 0.25) is 0 Å². The van der Waals surface area contributed by atoms with Crippen molar-refractivity contribution in [2.75, 3.05) is 11.9 Å². The number of anilines is 1. The van der Waals surface area contributed by atoms with Gasteiger partial charge in [-0.2, -0.15) is 10.2 Å². The van der Waals surface area contributed by atoms with Crippen molar-refractivity contribution >= 4 is 52.2 Å². The fourth-order valence-electron chi connectivity index (χ4n) is 3.24. The highest BCUT2D eigenvalue weighted by molar-refractivity contribution is 6.30. The van der Waals surface area contributed by atoms with Gasteiger partial charge in [-0.1, -0.05) is 54.1 Å². The van der Waals surface area contributed by atoms with Crippen LogP contribution in [0, 0.1) is 5.82 Å². The number of benzene rings is 4. The van der Waals surface area contributed by atoms with Crippen LogP contribution in [0.1, 0.15) is 11.1 Å². The Bertz CT molecular complexity index is 1420. The van der Waals surface area contributed by atoms with Gasteiger partial charge in [0.05, 0.1) is 16.9 Å². The first-order valence-electron chi connectivity index (χ1n) is 11.2. The molecule has 0 radical (unpaired) electrons. The van der Waals surface area contributed by atoms with Gasteiger partial charge in [-0.05, 0) is 77.9 Å². The largest absolute Gasteiger partial charge is 0.452 e. The SMILES string of the molecule is O=C(COC(=O)/C(=C\c1ccc(Cl)cc1)c1ccc(F)cc1)Nc1ccc(N=Nc2ccccc2)cc1. The molecule has 0 fully saturated rings. The monoisotopic (exact) mass is 513 g/mol. The highest BCUT2D eigenvalue weighted by atomic mass is 35.5.